The second kappa shape index (κ2) is 5.71. The number of hydrogen-bond acceptors (Lipinski definition) is 3. The minimum atomic E-state index is -4.37. The van der Waals surface area contributed by atoms with Gasteiger partial charge in [0.1, 0.15) is 0 Å². The van der Waals surface area contributed by atoms with E-state index in [1.54, 1.807) is 0 Å². The molecule has 0 saturated carbocycles. The van der Waals surface area contributed by atoms with Crippen LogP contribution in [-0.2, 0) is 6.18 Å². The highest BCUT2D eigenvalue weighted by Crippen LogP contribution is 2.36. The van der Waals surface area contributed by atoms with Gasteiger partial charge in [-0.15, -0.1) is 11.3 Å². The Kier molecular flexibility index (Phi) is 4.21. The predicted molar refractivity (Wildman–Crippen MR) is 69.1 cm³/mol. The van der Waals surface area contributed by atoms with Gasteiger partial charge in [0.15, 0.2) is 0 Å². The Morgan fingerprint density at radius 3 is 2.74 bits per heavy atom. The van der Waals surface area contributed by atoms with Crippen molar-refractivity contribution in [3.63, 3.8) is 0 Å². The van der Waals surface area contributed by atoms with Crippen LogP contribution in [0.15, 0.2) is 36.0 Å². The standard InChI is InChI=1S/C13H13F3N2S/c1-2-18-12(11-4-3-7-19-11)9-8-17-6-5-10(9)13(14,15)16/h3-8,12,18H,2H2,1H3. The molecule has 0 saturated heterocycles. The first kappa shape index (κ1) is 14.0. The van der Waals surface area contributed by atoms with Gasteiger partial charge in [0.05, 0.1) is 11.6 Å². The maximum atomic E-state index is 13.0. The molecule has 0 spiro atoms. The summed E-state index contributed by atoms with van der Waals surface area (Å²) in [6.45, 7) is 2.44. The Morgan fingerprint density at radius 1 is 1.37 bits per heavy atom. The molecule has 102 valence electrons. The molecule has 2 heterocycles. The molecule has 2 rings (SSSR count). The van der Waals surface area contributed by atoms with Crippen LogP contribution in [0.5, 0.6) is 0 Å². The molecule has 1 N–H and O–H groups in total. The minimum absolute atomic E-state index is 0.166. The molecule has 2 nitrogen and oxygen atoms in total. The van der Waals surface area contributed by atoms with Crippen LogP contribution in [0.1, 0.15) is 29.0 Å². The summed E-state index contributed by atoms with van der Waals surface area (Å²) < 4.78 is 39.1. The van der Waals surface area contributed by atoms with Crippen molar-refractivity contribution >= 4 is 11.3 Å². The van der Waals surface area contributed by atoms with Crippen molar-refractivity contribution in [2.24, 2.45) is 0 Å². The lowest BCUT2D eigenvalue weighted by Gasteiger charge is -2.21. The van der Waals surface area contributed by atoms with Crippen LogP contribution in [0.2, 0.25) is 0 Å². The highest BCUT2D eigenvalue weighted by atomic mass is 32.1. The lowest BCUT2D eigenvalue weighted by Crippen LogP contribution is -2.24. The Labute approximate surface area is 113 Å². The largest absolute Gasteiger partial charge is 0.416 e. The normalized spacial score (nSPS) is 13.5. The van der Waals surface area contributed by atoms with Gasteiger partial charge in [0, 0.05) is 22.8 Å². The molecule has 19 heavy (non-hydrogen) atoms. The maximum Gasteiger partial charge on any atom is 0.416 e. The van der Waals surface area contributed by atoms with Gasteiger partial charge in [0.25, 0.3) is 0 Å². The first-order valence-electron chi connectivity index (χ1n) is 5.82. The second-order valence-electron chi connectivity index (χ2n) is 3.97. The molecule has 0 aromatic carbocycles. The molecular formula is C13H13F3N2S. The van der Waals surface area contributed by atoms with Crippen molar-refractivity contribution in [1.82, 2.24) is 10.3 Å². The Hall–Kier alpha value is -1.40. The Balaban J connectivity index is 2.48. The smallest absolute Gasteiger partial charge is 0.306 e. The van der Waals surface area contributed by atoms with Gasteiger partial charge < -0.3 is 5.32 Å². The number of halogens is 3. The molecule has 0 aliphatic heterocycles. The fraction of sp³-hybridized carbons (Fsp3) is 0.308. The van der Waals surface area contributed by atoms with Crippen molar-refractivity contribution < 1.29 is 13.2 Å². The summed E-state index contributed by atoms with van der Waals surface area (Å²) in [7, 11) is 0. The number of nitrogens with one attached hydrogen (secondary N) is 1. The van der Waals surface area contributed by atoms with Gasteiger partial charge in [-0.3, -0.25) is 4.98 Å². The Bertz CT molecular complexity index is 523. The number of thiophene rings is 1. The molecule has 0 fully saturated rings. The highest BCUT2D eigenvalue weighted by Gasteiger charge is 2.35. The van der Waals surface area contributed by atoms with E-state index < -0.39 is 17.8 Å². The fourth-order valence-electron chi connectivity index (χ4n) is 1.92. The molecule has 0 amide bonds. The third kappa shape index (κ3) is 3.13. The van der Waals surface area contributed by atoms with Crippen LogP contribution in [0.25, 0.3) is 0 Å². The summed E-state index contributed by atoms with van der Waals surface area (Å²) in [5.41, 5.74) is -0.471. The maximum absolute atomic E-state index is 13.0. The summed E-state index contributed by atoms with van der Waals surface area (Å²) >= 11 is 1.43. The topological polar surface area (TPSA) is 24.9 Å². The van der Waals surface area contributed by atoms with Gasteiger partial charge in [-0.2, -0.15) is 13.2 Å². The van der Waals surface area contributed by atoms with Crippen molar-refractivity contribution in [1.29, 1.82) is 0 Å². The van der Waals surface area contributed by atoms with E-state index in [4.69, 9.17) is 0 Å². The number of rotatable bonds is 4. The van der Waals surface area contributed by atoms with Gasteiger partial charge in [-0.1, -0.05) is 13.0 Å². The number of alkyl halides is 3. The zero-order chi connectivity index (χ0) is 13.9. The third-order valence-corrected chi connectivity index (χ3v) is 3.64. The summed E-state index contributed by atoms with van der Waals surface area (Å²) in [5.74, 6) is 0. The summed E-state index contributed by atoms with van der Waals surface area (Å²) in [6, 6.07) is 4.20. The first-order chi connectivity index (χ1) is 9.04. The molecule has 2 aromatic heterocycles. The summed E-state index contributed by atoms with van der Waals surface area (Å²) in [4.78, 5) is 4.68. The van der Waals surface area contributed by atoms with Crippen LogP contribution in [-0.4, -0.2) is 11.5 Å². The quantitative estimate of drug-likeness (QED) is 0.923. The summed E-state index contributed by atoms with van der Waals surface area (Å²) in [5, 5.41) is 4.93. The van der Waals surface area contributed by atoms with E-state index >= 15 is 0 Å². The van der Waals surface area contributed by atoms with Crippen LogP contribution >= 0.6 is 11.3 Å². The number of nitrogens with zero attached hydrogens (tertiary/aromatic N) is 1. The minimum Gasteiger partial charge on any atom is -0.306 e. The van der Waals surface area contributed by atoms with E-state index in [-0.39, 0.29) is 5.56 Å². The average Bonchev–Trinajstić information content (AvgIpc) is 2.88. The van der Waals surface area contributed by atoms with Crippen LogP contribution in [0.4, 0.5) is 13.2 Å². The SMILES string of the molecule is CCNC(c1cccs1)c1cnccc1C(F)(F)F. The number of hydrogen-bond donors (Lipinski definition) is 1. The van der Waals surface area contributed by atoms with Crippen molar-refractivity contribution in [3.05, 3.63) is 52.0 Å². The Morgan fingerprint density at radius 2 is 2.16 bits per heavy atom. The van der Waals surface area contributed by atoms with Crippen LogP contribution < -0.4 is 5.32 Å². The lowest BCUT2D eigenvalue weighted by atomic mass is 10.0. The molecule has 0 aliphatic rings. The molecule has 1 unspecified atom stereocenters. The molecule has 1 atom stereocenters. The van der Waals surface area contributed by atoms with E-state index in [0.717, 1.165) is 10.9 Å². The zero-order valence-corrected chi connectivity index (χ0v) is 11.1. The second-order valence-corrected chi connectivity index (χ2v) is 4.95. The monoisotopic (exact) mass is 286 g/mol. The lowest BCUT2D eigenvalue weighted by molar-refractivity contribution is -0.138. The van der Waals surface area contributed by atoms with Gasteiger partial charge in [-0.25, -0.2) is 0 Å². The number of pyridine rings is 1. The fourth-order valence-corrected chi connectivity index (χ4v) is 2.74. The van der Waals surface area contributed by atoms with E-state index in [2.05, 4.69) is 10.3 Å². The van der Waals surface area contributed by atoms with E-state index in [1.165, 1.54) is 23.7 Å². The number of aromatic nitrogens is 1. The summed E-state index contributed by atoms with van der Waals surface area (Å²) in [6.07, 6.45) is -1.91. The molecule has 2 aromatic rings. The van der Waals surface area contributed by atoms with E-state index in [0.29, 0.717) is 6.54 Å². The first-order valence-corrected chi connectivity index (χ1v) is 6.70. The van der Waals surface area contributed by atoms with Gasteiger partial charge in [-0.05, 0) is 24.1 Å². The zero-order valence-electron chi connectivity index (χ0n) is 10.2. The predicted octanol–water partition coefficient (Wildman–Crippen LogP) is 3.86. The molecule has 0 aliphatic carbocycles. The van der Waals surface area contributed by atoms with Crippen LogP contribution in [0.3, 0.4) is 0 Å². The van der Waals surface area contributed by atoms with Gasteiger partial charge in [0.2, 0.25) is 0 Å². The van der Waals surface area contributed by atoms with Crippen molar-refractivity contribution in [2.45, 2.75) is 19.1 Å². The van der Waals surface area contributed by atoms with E-state index in [1.807, 2.05) is 24.4 Å². The molecule has 0 bridgehead atoms. The third-order valence-electron chi connectivity index (χ3n) is 2.70. The van der Waals surface area contributed by atoms with Crippen LogP contribution in [0, 0.1) is 0 Å². The molecule has 6 heteroatoms. The highest BCUT2D eigenvalue weighted by molar-refractivity contribution is 7.10. The van der Waals surface area contributed by atoms with Crippen molar-refractivity contribution in [3.8, 4) is 0 Å². The molecular weight excluding hydrogens is 273 g/mol. The van der Waals surface area contributed by atoms with Gasteiger partial charge >= 0.3 is 6.18 Å². The molecule has 0 radical (unpaired) electrons. The van der Waals surface area contributed by atoms with Crippen molar-refractivity contribution in [2.75, 3.05) is 6.54 Å². The van der Waals surface area contributed by atoms with E-state index in [9.17, 15) is 13.2 Å². The average molecular weight is 286 g/mol.